The summed E-state index contributed by atoms with van der Waals surface area (Å²) in [5.74, 6) is 2.46. The summed E-state index contributed by atoms with van der Waals surface area (Å²) in [4.78, 5) is 14.3. The van der Waals surface area contributed by atoms with Gasteiger partial charge in [0.2, 0.25) is 5.91 Å². The quantitative estimate of drug-likeness (QED) is 0.724. The molecular formula is C13H22N2O. The normalized spacial score (nSPS) is 35.4. The summed E-state index contributed by atoms with van der Waals surface area (Å²) in [6.07, 6.45) is 6.83. The molecule has 0 aromatic heterocycles. The van der Waals surface area contributed by atoms with Crippen molar-refractivity contribution in [3.63, 3.8) is 0 Å². The summed E-state index contributed by atoms with van der Waals surface area (Å²) in [5, 5.41) is 3.19. The van der Waals surface area contributed by atoms with Crippen molar-refractivity contribution in [3.05, 3.63) is 0 Å². The first-order chi connectivity index (χ1) is 7.84. The molecule has 1 aliphatic carbocycles. The lowest BCUT2D eigenvalue weighted by molar-refractivity contribution is -0.140. The lowest BCUT2D eigenvalue weighted by atomic mass is 9.75. The smallest absolute Gasteiger partial charge is 0.228 e. The number of nitrogens with zero attached hydrogens (tertiary/aromatic N) is 1. The molecule has 3 aliphatic rings. The number of hydrogen-bond acceptors (Lipinski definition) is 2. The number of rotatable bonds is 1. The van der Waals surface area contributed by atoms with Gasteiger partial charge in [-0.05, 0) is 24.7 Å². The van der Waals surface area contributed by atoms with E-state index < -0.39 is 0 Å². The highest BCUT2D eigenvalue weighted by atomic mass is 16.2. The standard InChI is InChI=1S/C13H22N2O/c16-13(12-7-14-8-12)15-6-5-10-3-1-2-4-11(10)9-15/h10-12,14H,1-9H2. The van der Waals surface area contributed by atoms with Crippen LogP contribution in [0.3, 0.4) is 0 Å². The highest BCUT2D eigenvalue weighted by Crippen LogP contribution is 2.36. The van der Waals surface area contributed by atoms with Crippen molar-refractivity contribution in [2.45, 2.75) is 32.1 Å². The van der Waals surface area contributed by atoms with Gasteiger partial charge in [-0.15, -0.1) is 0 Å². The van der Waals surface area contributed by atoms with Gasteiger partial charge in [-0.2, -0.15) is 0 Å². The number of nitrogens with one attached hydrogen (secondary N) is 1. The van der Waals surface area contributed by atoms with Crippen molar-refractivity contribution >= 4 is 5.91 Å². The Kier molecular flexibility index (Phi) is 2.88. The van der Waals surface area contributed by atoms with Crippen LogP contribution in [0, 0.1) is 17.8 Å². The Hall–Kier alpha value is -0.570. The van der Waals surface area contributed by atoms with E-state index >= 15 is 0 Å². The average Bonchev–Trinajstić information content (AvgIpc) is 2.26. The topological polar surface area (TPSA) is 32.3 Å². The van der Waals surface area contributed by atoms with E-state index in [1.165, 1.54) is 32.1 Å². The fourth-order valence-corrected chi connectivity index (χ4v) is 3.52. The third-order valence-electron chi connectivity index (χ3n) is 4.73. The first kappa shape index (κ1) is 10.6. The molecule has 1 amide bonds. The molecule has 3 heteroatoms. The number of amides is 1. The van der Waals surface area contributed by atoms with E-state index in [-0.39, 0.29) is 0 Å². The number of likely N-dealkylation sites (tertiary alicyclic amines) is 1. The molecule has 0 radical (unpaired) electrons. The maximum Gasteiger partial charge on any atom is 0.228 e. The summed E-state index contributed by atoms with van der Waals surface area (Å²) in [6.45, 7) is 3.89. The van der Waals surface area contributed by atoms with Crippen LogP contribution in [0.4, 0.5) is 0 Å². The van der Waals surface area contributed by atoms with Gasteiger partial charge in [0.15, 0.2) is 0 Å². The Balaban J connectivity index is 1.59. The maximum atomic E-state index is 12.1. The van der Waals surface area contributed by atoms with Crippen molar-refractivity contribution in [1.29, 1.82) is 0 Å². The van der Waals surface area contributed by atoms with Gasteiger partial charge < -0.3 is 10.2 Å². The van der Waals surface area contributed by atoms with Crippen LogP contribution in [-0.2, 0) is 4.79 Å². The molecule has 3 nitrogen and oxygen atoms in total. The van der Waals surface area contributed by atoms with Crippen molar-refractivity contribution in [3.8, 4) is 0 Å². The molecule has 2 unspecified atom stereocenters. The Bertz CT molecular complexity index is 275. The summed E-state index contributed by atoms with van der Waals surface area (Å²) < 4.78 is 0. The Labute approximate surface area is 97.6 Å². The molecule has 0 bridgehead atoms. The number of hydrogen-bond donors (Lipinski definition) is 1. The van der Waals surface area contributed by atoms with Crippen LogP contribution in [0.2, 0.25) is 0 Å². The van der Waals surface area contributed by atoms with Gasteiger partial charge in [-0.3, -0.25) is 4.79 Å². The molecule has 1 saturated carbocycles. The number of carbonyl (C=O) groups is 1. The molecule has 3 fully saturated rings. The van der Waals surface area contributed by atoms with E-state index in [0.29, 0.717) is 11.8 Å². The molecule has 2 saturated heterocycles. The van der Waals surface area contributed by atoms with Crippen LogP contribution >= 0.6 is 0 Å². The van der Waals surface area contributed by atoms with Gasteiger partial charge in [0.25, 0.3) is 0 Å². The van der Waals surface area contributed by atoms with Gasteiger partial charge in [0.05, 0.1) is 5.92 Å². The zero-order chi connectivity index (χ0) is 11.0. The van der Waals surface area contributed by atoms with Crippen LogP contribution in [0.25, 0.3) is 0 Å². The molecule has 0 spiro atoms. The zero-order valence-corrected chi connectivity index (χ0v) is 9.95. The molecule has 16 heavy (non-hydrogen) atoms. The number of fused-ring (bicyclic) bond motifs is 1. The van der Waals surface area contributed by atoms with E-state index in [1.54, 1.807) is 0 Å². The Morgan fingerprint density at radius 1 is 1.06 bits per heavy atom. The van der Waals surface area contributed by atoms with Gasteiger partial charge in [-0.1, -0.05) is 19.3 Å². The van der Waals surface area contributed by atoms with E-state index in [4.69, 9.17) is 0 Å². The lowest BCUT2D eigenvalue weighted by Gasteiger charge is -2.43. The molecule has 2 heterocycles. The molecule has 90 valence electrons. The SMILES string of the molecule is O=C(C1CNC1)N1CCC2CCCCC2C1. The molecule has 0 aromatic rings. The van der Waals surface area contributed by atoms with Crippen molar-refractivity contribution in [2.24, 2.45) is 17.8 Å². The fourth-order valence-electron chi connectivity index (χ4n) is 3.52. The minimum atomic E-state index is 0.292. The predicted octanol–water partition coefficient (Wildman–Crippen LogP) is 1.24. The van der Waals surface area contributed by atoms with Crippen molar-refractivity contribution in [2.75, 3.05) is 26.2 Å². The molecule has 2 aliphatic heterocycles. The highest BCUT2D eigenvalue weighted by molar-refractivity contribution is 5.80. The van der Waals surface area contributed by atoms with Gasteiger partial charge in [0.1, 0.15) is 0 Å². The van der Waals surface area contributed by atoms with Crippen molar-refractivity contribution < 1.29 is 4.79 Å². The van der Waals surface area contributed by atoms with E-state index in [9.17, 15) is 4.79 Å². The highest BCUT2D eigenvalue weighted by Gasteiger charge is 2.36. The lowest BCUT2D eigenvalue weighted by Crippen LogP contribution is -2.55. The third kappa shape index (κ3) is 1.86. The molecule has 2 atom stereocenters. The van der Waals surface area contributed by atoms with Crippen LogP contribution in [0.5, 0.6) is 0 Å². The summed E-state index contributed by atoms with van der Waals surface area (Å²) in [5.41, 5.74) is 0. The minimum absolute atomic E-state index is 0.292. The van der Waals surface area contributed by atoms with E-state index in [2.05, 4.69) is 10.2 Å². The summed E-state index contributed by atoms with van der Waals surface area (Å²) in [7, 11) is 0. The Morgan fingerprint density at radius 2 is 1.81 bits per heavy atom. The molecular weight excluding hydrogens is 200 g/mol. The summed E-state index contributed by atoms with van der Waals surface area (Å²) in [6, 6.07) is 0. The average molecular weight is 222 g/mol. The Morgan fingerprint density at radius 3 is 2.50 bits per heavy atom. The van der Waals surface area contributed by atoms with Gasteiger partial charge >= 0.3 is 0 Å². The first-order valence-electron chi connectivity index (χ1n) is 6.84. The van der Waals surface area contributed by atoms with E-state index in [1.807, 2.05) is 0 Å². The van der Waals surface area contributed by atoms with Gasteiger partial charge in [0, 0.05) is 26.2 Å². The molecule has 1 N–H and O–H groups in total. The first-order valence-corrected chi connectivity index (χ1v) is 6.84. The van der Waals surface area contributed by atoms with Crippen LogP contribution in [0.1, 0.15) is 32.1 Å². The summed E-state index contributed by atoms with van der Waals surface area (Å²) >= 11 is 0. The van der Waals surface area contributed by atoms with E-state index in [0.717, 1.165) is 38.0 Å². The number of piperidine rings is 1. The van der Waals surface area contributed by atoms with Crippen LogP contribution in [0.15, 0.2) is 0 Å². The monoisotopic (exact) mass is 222 g/mol. The predicted molar refractivity (Wildman–Crippen MR) is 63.0 cm³/mol. The second-order valence-electron chi connectivity index (χ2n) is 5.73. The van der Waals surface area contributed by atoms with Gasteiger partial charge in [-0.25, -0.2) is 0 Å². The number of carbonyl (C=O) groups excluding carboxylic acids is 1. The minimum Gasteiger partial charge on any atom is -0.342 e. The maximum absolute atomic E-state index is 12.1. The molecule has 0 aromatic carbocycles. The fraction of sp³-hybridized carbons (Fsp3) is 0.923. The second-order valence-corrected chi connectivity index (χ2v) is 5.73. The third-order valence-corrected chi connectivity index (χ3v) is 4.73. The van der Waals surface area contributed by atoms with Crippen LogP contribution in [-0.4, -0.2) is 37.0 Å². The zero-order valence-electron chi connectivity index (χ0n) is 9.95. The molecule has 3 rings (SSSR count). The van der Waals surface area contributed by atoms with Crippen molar-refractivity contribution in [1.82, 2.24) is 10.2 Å². The largest absolute Gasteiger partial charge is 0.342 e. The second kappa shape index (κ2) is 4.36. The van der Waals surface area contributed by atoms with Crippen LogP contribution < -0.4 is 5.32 Å².